The van der Waals surface area contributed by atoms with E-state index in [-0.39, 0.29) is 11.9 Å². The molecule has 21 heavy (non-hydrogen) atoms. The van der Waals surface area contributed by atoms with Crippen LogP contribution in [-0.4, -0.2) is 10.9 Å². The monoisotopic (exact) mass is 344 g/mol. The lowest BCUT2D eigenvalue weighted by Gasteiger charge is -2.14. The Bertz CT molecular complexity index is 653. The number of nitrogens with one attached hydrogen (secondary N) is 1. The van der Waals surface area contributed by atoms with E-state index in [0.29, 0.717) is 5.57 Å². The predicted octanol–water partition coefficient (Wildman–Crippen LogP) is 4.12. The topological polar surface area (TPSA) is 42.0 Å². The number of amides is 1. The first-order valence-corrected chi connectivity index (χ1v) is 7.52. The van der Waals surface area contributed by atoms with Crippen molar-refractivity contribution in [2.45, 2.75) is 19.9 Å². The molecule has 1 atom stereocenters. The Kier molecular flexibility index (Phi) is 5.28. The van der Waals surface area contributed by atoms with Crippen molar-refractivity contribution in [3.63, 3.8) is 0 Å². The highest BCUT2D eigenvalue weighted by molar-refractivity contribution is 9.10. The molecule has 0 unspecified atom stereocenters. The maximum atomic E-state index is 12.2. The fourth-order valence-electron chi connectivity index (χ4n) is 1.93. The second-order valence-electron chi connectivity index (χ2n) is 4.82. The number of aromatic nitrogens is 1. The van der Waals surface area contributed by atoms with Crippen LogP contribution in [0.25, 0.3) is 6.08 Å². The molecular weight excluding hydrogens is 328 g/mol. The first-order valence-electron chi connectivity index (χ1n) is 6.73. The summed E-state index contributed by atoms with van der Waals surface area (Å²) in [7, 11) is 0. The molecule has 4 heteroatoms. The van der Waals surface area contributed by atoms with Gasteiger partial charge >= 0.3 is 0 Å². The Morgan fingerprint density at radius 2 is 1.90 bits per heavy atom. The van der Waals surface area contributed by atoms with E-state index in [0.717, 1.165) is 15.9 Å². The summed E-state index contributed by atoms with van der Waals surface area (Å²) < 4.78 is 0.752. The number of carbonyl (C=O) groups excluding carboxylic acids is 1. The minimum atomic E-state index is -0.0897. The van der Waals surface area contributed by atoms with Crippen LogP contribution in [-0.2, 0) is 4.79 Å². The van der Waals surface area contributed by atoms with E-state index in [9.17, 15) is 4.79 Å². The molecule has 0 spiro atoms. The van der Waals surface area contributed by atoms with Crippen LogP contribution in [0.4, 0.5) is 0 Å². The van der Waals surface area contributed by atoms with Crippen LogP contribution in [0.15, 0.2) is 58.7 Å². The summed E-state index contributed by atoms with van der Waals surface area (Å²) in [5.41, 5.74) is 2.46. The summed E-state index contributed by atoms with van der Waals surface area (Å²) in [6.45, 7) is 3.76. The highest BCUT2D eigenvalue weighted by Crippen LogP contribution is 2.13. The van der Waals surface area contributed by atoms with Crippen LogP contribution < -0.4 is 5.32 Å². The molecule has 0 aliphatic heterocycles. The van der Waals surface area contributed by atoms with Crippen molar-refractivity contribution in [3.8, 4) is 0 Å². The van der Waals surface area contributed by atoms with E-state index in [1.807, 2.05) is 55.5 Å². The molecule has 2 aromatic rings. The quantitative estimate of drug-likeness (QED) is 0.669. The summed E-state index contributed by atoms with van der Waals surface area (Å²) in [4.78, 5) is 16.5. The molecule has 0 aliphatic carbocycles. The molecule has 1 aromatic carbocycles. The van der Waals surface area contributed by atoms with Gasteiger partial charge in [-0.3, -0.25) is 4.79 Å². The van der Waals surface area contributed by atoms with Crippen LogP contribution in [0.3, 0.4) is 0 Å². The van der Waals surface area contributed by atoms with Gasteiger partial charge in [-0.25, -0.2) is 4.98 Å². The number of carbonyl (C=O) groups is 1. The van der Waals surface area contributed by atoms with Crippen molar-refractivity contribution in [3.05, 3.63) is 70.0 Å². The predicted molar refractivity (Wildman–Crippen MR) is 88.6 cm³/mol. The zero-order valence-electron chi connectivity index (χ0n) is 12.0. The molecule has 0 bridgehead atoms. The van der Waals surface area contributed by atoms with E-state index in [2.05, 4.69) is 26.2 Å². The molecule has 108 valence electrons. The van der Waals surface area contributed by atoms with E-state index >= 15 is 0 Å². The molecule has 1 N–H and O–H groups in total. The molecule has 3 nitrogen and oxygen atoms in total. The standard InChI is InChI=1S/C17H17BrN2O/c1-12(11-15-9-6-10-16(18)20-15)17(21)19-13(2)14-7-4-3-5-8-14/h3-11,13H,1-2H3,(H,19,21)/b12-11+/t13-/m0/s1. The third-order valence-electron chi connectivity index (χ3n) is 3.11. The number of rotatable bonds is 4. The van der Waals surface area contributed by atoms with Gasteiger partial charge in [-0.05, 0) is 53.5 Å². The lowest BCUT2D eigenvalue weighted by atomic mass is 10.1. The Morgan fingerprint density at radius 1 is 1.19 bits per heavy atom. The minimum absolute atomic E-state index is 0.0301. The third-order valence-corrected chi connectivity index (χ3v) is 3.55. The van der Waals surface area contributed by atoms with Crippen LogP contribution in [0.2, 0.25) is 0 Å². The van der Waals surface area contributed by atoms with Crippen molar-refractivity contribution in [1.29, 1.82) is 0 Å². The fraction of sp³-hybridized carbons (Fsp3) is 0.176. The average molecular weight is 345 g/mol. The largest absolute Gasteiger partial charge is 0.346 e. The van der Waals surface area contributed by atoms with Gasteiger partial charge in [0.15, 0.2) is 0 Å². The van der Waals surface area contributed by atoms with E-state index in [1.54, 1.807) is 13.0 Å². The number of hydrogen-bond donors (Lipinski definition) is 1. The molecule has 0 radical (unpaired) electrons. The Balaban J connectivity index is 2.06. The SMILES string of the molecule is C/C(=C\c1cccc(Br)n1)C(=O)N[C@@H](C)c1ccccc1. The van der Waals surface area contributed by atoms with E-state index in [1.165, 1.54) is 0 Å². The Labute approximate surface area is 133 Å². The van der Waals surface area contributed by atoms with Gasteiger partial charge in [-0.1, -0.05) is 36.4 Å². The molecule has 0 aliphatic rings. The molecule has 1 heterocycles. The van der Waals surface area contributed by atoms with Crippen molar-refractivity contribution in [2.75, 3.05) is 0 Å². The van der Waals surface area contributed by atoms with Gasteiger partial charge in [0, 0.05) is 5.57 Å². The van der Waals surface area contributed by atoms with Crippen LogP contribution in [0.1, 0.15) is 31.1 Å². The van der Waals surface area contributed by atoms with Crippen LogP contribution in [0.5, 0.6) is 0 Å². The van der Waals surface area contributed by atoms with E-state index < -0.39 is 0 Å². The molecule has 0 fully saturated rings. The van der Waals surface area contributed by atoms with Gasteiger partial charge in [0.25, 0.3) is 0 Å². The number of pyridine rings is 1. The van der Waals surface area contributed by atoms with Crippen molar-refractivity contribution < 1.29 is 4.79 Å². The minimum Gasteiger partial charge on any atom is -0.346 e. The number of benzene rings is 1. The molecule has 0 saturated heterocycles. The Morgan fingerprint density at radius 3 is 2.57 bits per heavy atom. The first kappa shape index (κ1) is 15.4. The smallest absolute Gasteiger partial charge is 0.247 e. The number of halogens is 1. The molecule has 2 rings (SSSR count). The van der Waals surface area contributed by atoms with Crippen LogP contribution in [0, 0.1) is 0 Å². The second-order valence-corrected chi connectivity index (χ2v) is 5.63. The van der Waals surface area contributed by atoms with Gasteiger partial charge in [0.1, 0.15) is 4.60 Å². The zero-order chi connectivity index (χ0) is 15.2. The lowest BCUT2D eigenvalue weighted by molar-refractivity contribution is -0.118. The van der Waals surface area contributed by atoms with Gasteiger partial charge < -0.3 is 5.32 Å². The van der Waals surface area contributed by atoms with Crippen molar-refractivity contribution in [2.24, 2.45) is 0 Å². The maximum absolute atomic E-state index is 12.2. The summed E-state index contributed by atoms with van der Waals surface area (Å²) >= 11 is 3.32. The summed E-state index contributed by atoms with van der Waals surface area (Å²) in [6.07, 6.45) is 1.78. The fourth-order valence-corrected chi connectivity index (χ4v) is 2.28. The van der Waals surface area contributed by atoms with E-state index in [4.69, 9.17) is 0 Å². The second kappa shape index (κ2) is 7.18. The Hall–Kier alpha value is -1.94. The van der Waals surface area contributed by atoms with Gasteiger partial charge in [0.2, 0.25) is 5.91 Å². The third kappa shape index (κ3) is 4.53. The summed E-state index contributed by atoms with van der Waals surface area (Å²) in [5.74, 6) is -0.0897. The molecule has 1 amide bonds. The van der Waals surface area contributed by atoms with Crippen LogP contribution >= 0.6 is 15.9 Å². The first-order chi connectivity index (χ1) is 10.1. The van der Waals surface area contributed by atoms with Crippen molar-refractivity contribution in [1.82, 2.24) is 10.3 Å². The molecular formula is C17H17BrN2O. The highest BCUT2D eigenvalue weighted by atomic mass is 79.9. The van der Waals surface area contributed by atoms with Gasteiger partial charge in [-0.2, -0.15) is 0 Å². The number of nitrogens with zero attached hydrogens (tertiary/aromatic N) is 1. The molecule has 1 aromatic heterocycles. The summed E-state index contributed by atoms with van der Waals surface area (Å²) in [5, 5.41) is 2.98. The number of hydrogen-bond acceptors (Lipinski definition) is 2. The highest BCUT2D eigenvalue weighted by Gasteiger charge is 2.10. The van der Waals surface area contributed by atoms with Gasteiger partial charge in [0.05, 0.1) is 11.7 Å². The maximum Gasteiger partial charge on any atom is 0.247 e. The normalized spacial score (nSPS) is 12.8. The van der Waals surface area contributed by atoms with Gasteiger partial charge in [-0.15, -0.1) is 0 Å². The molecule has 0 saturated carbocycles. The average Bonchev–Trinajstić information content (AvgIpc) is 2.48. The zero-order valence-corrected chi connectivity index (χ0v) is 13.6. The lowest BCUT2D eigenvalue weighted by Crippen LogP contribution is -2.27. The van der Waals surface area contributed by atoms with Crippen molar-refractivity contribution >= 4 is 27.9 Å². The summed E-state index contributed by atoms with van der Waals surface area (Å²) in [6, 6.07) is 15.5.